The fourth-order valence-corrected chi connectivity index (χ4v) is 4.13. The van der Waals surface area contributed by atoms with Crippen LogP contribution in [0, 0.1) is 0 Å². The van der Waals surface area contributed by atoms with E-state index < -0.39 is 6.10 Å². The molecule has 0 aliphatic rings. The Morgan fingerprint density at radius 1 is 0.600 bits per heavy atom. The van der Waals surface area contributed by atoms with E-state index in [0.29, 0.717) is 12.8 Å². The molecule has 5 heteroatoms. The molecule has 0 aromatic heterocycles. The van der Waals surface area contributed by atoms with Crippen LogP contribution in [0.4, 0.5) is 0 Å². The third-order valence-corrected chi connectivity index (χ3v) is 6.61. The van der Waals surface area contributed by atoms with Crippen molar-refractivity contribution < 1.29 is 24.2 Å². The summed E-state index contributed by atoms with van der Waals surface area (Å²) in [6, 6.07) is 0. The molecule has 0 unspecified atom stereocenters. The number of aliphatic hydroxyl groups excluding tert-OH is 1. The first-order valence-electron chi connectivity index (χ1n) is 16.2. The van der Waals surface area contributed by atoms with E-state index in [1.165, 1.54) is 38.5 Å². The van der Waals surface area contributed by atoms with Gasteiger partial charge in [-0.2, -0.15) is 0 Å². The Hall–Kier alpha value is -2.14. The van der Waals surface area contributed by atoms with Crippen LogP contribution >= 0.6 is 0 Å². The summed E-state index contributed by atoms with van der Waals surface area (Å²) in [5.41, 5.74) is 0. The zero-order valence-electron chi connectivity index (χ0n) is 25.8. The van der Waals surface area contributed by atoms with E-state index in [2.05, 4.69) is 62.5 Å². The van der Waals surface area contributed by atoms with Gasteiger partial charge in [0.25, 0.3) is 0 Å². The summed E-state index contributed by atoms with van der Waals surface area (Å²) in [6.07, 6.45) is 37.3. The summed E-state index contributed by atoms with van der Waals surface area (Å²) in [5.74, 6) is -0.629. The van der Waals surface area contributed by atoms with E-state index in [-0.39, 0.29) is 25.2 Å². The van der Waals surface area contributed by atoms with Gasteiger partial charge in [-0.25, -0.2) is 0 Å². The van der Waals surface area contributed by atoms with Gasteiger partial charge in [-0.1, -0.05) is 114 Å². The van der Waals surface area contributed by atoms with Gasteiger partial charge in [-0.3, -0.25) is 9.59 Å². The zero-order chi connectivity index (χ0) is 29.4. The lowest BCUT2D eigenvalue weighted by molar-refractivity contribution is -0.161. The Labute approximate surface area is 246 Å². The maximum Gasteiger partial charge on any atom is 0.306 e. The third-order valence-electron chi connectivity index (χ3n) is 6.61. The van der Waals surface area contributed by atoms with Crippen LogP contribution in [0.2, 0.25) is 0 Å². The van der Waals surface area contributed by atoms with Gasteiger partial charge >= 0.3 is 11.9 Å². The maximum absolute atomic E-state index is 12.1. The fourth-order valence-electron chi connectivity index (χ4n) is 4.13. The molecule has 0 spiro atoms. The Balaban J connectivity index is 3.65. The van der Waals surface area contributed by atoms with E-state index in [9.17, 15) is 14.7 Å². The van der Waals surface area contributed by atoms with Gasteiger partial charge in [0.1, 0.15) is 6.61 Å². The molecule has 1 N–H and O–H groups in total. The molecule has 0 radical (unpaired) electrons. The van der Waals surface area contributed by atoms with Crippen LogP contribution in [0.1, 0.15) is 142 Å². The smallest absolute Gasteiger partial charge is 0.306 e. The summed E-state index contributed by atoms with van der Waals surface area (Å²) < 4.78 is 10.5. The number of aliphatic hydroxyl groups is 1. The average Bonchev–Trinajstić information content (AvgIpc) is 2.96. The monoisotopic (exact) mass is 560 g/mol. The number of carbonyl (C=O) groups is 2. The second kappa shape index (κ2) is 31.4. The van der Waals surface area contributed by atoms with Gasteiger partial charge in [0.2, 0.25) is 0 Å². The highest BCUT2D eigenvalue weighted by Crippen LogP contribution is 2.11. The predicted molar refractivity (Wildman–Crippen MR) is 168 cm³/mol. The highest BCUT2D eigenvalue weighted by molar-refractivity contribution is 5.70. The molecule has 0 aliphatic heterocycles. The number of ether oxygens (including phenoxy) is 2. The fraction of sp³-hybridized carbons (Fsp3) is 0.714. The molecule has 0 rings (SSSR count). The minimum atomic E-state index is -0.781. The first-order valence-corrected chi connectivity index (χ1v) is 16.2. The number of rotatable bonds is 28. The molecule has 0 saturated carbocycles. The molecular formula is C35H60O5. The van der Waals surface area contributed by atoms with E-state index in [1.807, 2.05) is 0 Å². The Morgan fingerprint density at radius 3 is 1.65 bits per heavy atom. The number of hydrogen-bond acceptors (Lipinski definition) is 5. The lowest BCUT2D eigenvalue weighted by Gasteiger charge is -2.15. The second-order valence-corrected chi connectivity index (χ2v) is 10.5. The minimum absolute atomic E-state index is 0.0787. The SMILES string of the molecule is CC/C=C/C/C=C/C/C=C/CCCCCCCC(=O)O[C@@H](CO)COC(=O)CCCCCCC/C=C/CCCC. The summed E-state index contributed by atoms with van der Waals surface area (Å²) in [4.78, 5) is 24.1. The molecule has 5 nitrogen and oxygen atoms in total. The van der Waals surface area contributed by atoms with Crippen LogP contribution in [0.15, 0.2) is 48.6 Å². The van der Waals surface area contributed by atoms with E-state index >= 15 is 0 Å². The molecular weight excluding hydrogens is 500 g/mol. The van der Waals surface area contributed by atoms with E-state index in [1.54, 1.807) is 0 Å². The van der Waals surface area contributed by atoms with E-state index in [4.69, 9.17) is 9.47 Å². The Bertz CT molecular complexity index is 692. The highest BCUT2D eigenvalue weighted by Gasteiger charge is 2.16. The third kappa shape index (κ3) is 28.9. The predicted octanol–water partition coefficient (Wildman–Crippen LogP) is 9.50. The van der Waals surface area contributed by atoms with Crippen LogP contribution < -0.4 is 0 Å². The first kappa shape index (κ1) is 37.9. The van der Waals surface area contributed by atoms with Crippen molar-refractivity contribution in [2.24, 2.45) is 0 Å². The standard InChI is InChI=1S/C35H60O5/c1-3-5-7-9-11-13-15-16-17-18-20-22-24-26-28-30-35(38)40-33(31-36)32-39-34(37)29-27-25-23-21-19-14-12-10-8-6-4-2/h5,7,10-13,16-17,33,36H,3-4,6,8-9,14-15,18-32H2,1-2H3/b7-5+,12-10+,13-11+,17-16+/t33-/m0/s1. The lowest BCUT2D eigenvalue weighted by Crippen LogP contribution is -2.28. The minimum Gasteiger partial charge on any atom is -0.462 e. The van der Waals surface area contributed by atoms with Crippen LogP contribution in [0.5, 0.6) is 0 Å². The normalized spacial score (nSPS) is 12.8. The molecule has 0 aromatic carbocycles. The van der Waals surface area contributed by atoms with Crippen LogP contribution in [0.3, 0.4) is 0 Å². The van der Waals surface area contributed by atoms with Crippen molar-refractivity contribution in [3.8, 4) is 0 Å². The van der Waals surface area contributed by atoms with Gasteiger partial charge in [0.05, 0.1) is 6.61 Å². The topological polar surface area (TPSA) is 72.8 Å². The molecule has 0 aliphatic carbocycles. The quantitative estimate of drug-likeness (QED) is 0.0586. The number of esters is 2. The Morgan fingerprint density at radius 2 is 1.07 bits per heavy atom. The summed E-state index contributed by atoms with van der Waals surface area (Å²) in [7, 11) is 0. The Kier molecular flexibility index (Phi) is 29.7. The van der Waals surface area contributed by atoms with Gasteiger partial charge in [0.15, 0.2) is 6.10 Å². The lowest BCUT2D eigenvalue weighted by atomic mass is 10.1. The van der Waals surface area contributed by atoms with Crippen LogP contribution in [0.25, 0.3) is 0 Å². The molecule has 0 amide bonds. The molecule has 0 fully saturated rings. The van der Waals surface area contributed by atoms with Crippen molar-refractivity contribution in [2.75, 3.05) is 13.2 Å². The molecule has 0 heterocycles. The van der Waals surface area contributed by atoms with Crippen molar-refractivity contribution in [1.29, 1.82) is 0 Å². The molecule has 1 atom stereocenters. The van der Waals surface area contributed by atoms with Crippen molar-refractivity contribution in [2.45, 2.75) is 148 Å². The van der Waals surface area contributed by atoms with E-state index in [0.717, 1.165) is 77.0 Å². The number of unbranched alkanes of at least 4 members (excludes halogenated alkanes) is 12. The zero-order valence-corrected chi connectivity index (χ0v) is 25.8. The number of hydrogen-bond donors (Lipinski definition) is 1. The van der Waals surface area contributed by atoms with Crippen molar-refractivity contribution in [3.63, 3.8) is 0 Å². The number of allylic oxidation sites excluding steroid dienone is 8. The van der Waals surface area contributed by atoms with Gasteiger partial charge in [-0.15, -0.1) is 0 Å². The molecule has 0 saturated heterocycles. The van der Waals surface area contributed by atoms with Crippen LogP contribution in [-0.4, -0.2) is 36.4 Å². The van der Waals surface area contributed by atoms with Crippen molar-refractivity contribution in [1.82, 2.24) is 0 Å². The first-order chi connectivity index (χ1) is 19.6. The number of carbonyl (C=O) groups excluding carboxylic acids is 2. The molecule has 0 bridgehead atoms. The van der Waals surface area contributed by atoms with Crippen molar-refractivity contribution in [3.05, 3.63) is 48.6 Å². The van der Waals surface area contributed by atoms with Crippen LogP contribution in [-0.2, 0) is 19.1 Å². The van der Waals surface area contributed by atoms with Gasteiger partial charge in [0, 0.05) is 12.8 Å². The van der Waals surface area contributed by atoms with Crippen molar-refractivity contribution >= 4 is 11.9 Å². The average molecular weight is 561 g/mol. The van der Waals surface area contributed by atoms with Gasteiger partial charge < -0.3 is 14.6 Å². The molecule has 40 heavy (non-hydrogen) atoms. The summed E-state index contributed by atoms with van der Waals surface area (Å²) in [6.45, 7) is 3.94. The van der Waals surface area contributed by atoms with Gasteiger partial charge in [-0.05, 0) is 64.2 Å². The largest absolute Gasteiger partial charge is 0.462 e. The second-order valence-electron chi connectivity index (χ2n) is 10.5. The molecule has 0 aromatic rings. The maximum atomic E-state index is 12.1. The summed E-state index contributed by atoms with van der Waals surface area (Å²) in [5, 5.41) is 9.48. The molecule has 230 valence electrons. The summed E-state index contributed by atoms with van der Waals surface area (Å²) >= 11 is 0. The highest BCUT2D eigenvalue weighted by atomic mass is 16.6.